The van der Waals surface area contributed by atoms with Gasteiger partial charge in [0, 0.05) is 31.4 Å². The van der Waals surface area contributed by atoms with E-state index in [1.807, 2.05) is 11.0 Å². The summed E-state index contributed by atoms with van der Waals surface area (Å²) in [6.07, 6.45) is 5.84. The molecule has 3 aliphatic rings. The number of rotatable bonds is 3. The van der Waals surface area contributed by atoms with Crippen LogP contribution in [0.15, 0.2) is 24.3 Å². The molecular weight excluding hydrogens is 300 g/mol. The second-order valence-corrected chi connectivity index (χ2v) is 7.38. The first-order valence-corrected chi connectivity index (χ1v) is 9.40. The molecular formula is C19H28N4O. The van der Waals surface area contributed by atoms with Gasteiger partial charge >= 0.3 is 0 Å². The van der Waals surface area contributed by atoms with E-state index in [9.17, 15) is 4.79 Å². The Balaban J connectivity index is 1.39. The van der Waals surface area contributed by atoms with Gasteiger partial charge < -0.3 is 4.90 Å². The SMILES string of the molecule is O=C(CN1CCCC(C2CCNN2)C1)N1CCCc2ccccc21. The molecule has 2 fully saturated rings. The van der Waals surface area contributed by atoms with Crippen molar-refractivity contribution in [1.29, 1.82) is 0 Å². The summed E-state index contributed by atoms with van der Waals surface area (Å²) in [6, 6.07) is 8.94. The van der Waals surface area contributed by atoms with Crippen molar-refractivity contribution in [2.75, 3.05) is 37.6 Å². The first kappa shape index (κ1) is 16.1. The molecule has 0 saturated carbocycles. The number of hydrazine groups is 1. The van der Waals surface area contributed by atoms with Crippen LogP contribution in [-0.2, 0) is 11.2 Å². The van der Waals surface area contributed by atoms with Crippen molar-refractivity contribution < 1.29 is 4.79 Å². The third kappa shape index (κ3) is 3.34. The zero-order chi connectivity index (χ0) is 16.4. The summed E-state index contributed by atoms with van der Waals surface area (Å²) >= 11 is 0. The maximum atomic E-state index is 12.9. The van der Waals surface area contributed by atoms with Crippen molar-refractivity contribution in [3.63, 3.8) is 0 Å². The molecule has 4 rings (SSSR count). The van der Waals surface area contributed by atoms with Crippen molar-refractivity contribution >= 4 is 11.6 Å². The van der Waals surface area contributed by atoms with Crippen LogP contribution in [0.5, 0.6) is 0 Å². The number of amides is 1. The molecule has 0 bridgehead atoms. The molecule has 2 N–H and O–H groups in total. The minimum absolute atomic E-state index is 0.264. The molecule has 5 nitrogen and oxygen atoms in total. The highest BCUT2D eigenvalue weighted by Gasteiger charge is 2.31. The maximum absolute atomic E-state index is 12.9. The van der Waals surface area contributed by atoms with E-state index in [0.29, 0.717) is 18.5 Å². The van der Waals surface area contributed by atoms with Gasteiger partial charge in [0.25, 0.3) is 0 Å². The first-order chi connectivity index (χ1) is 11.8. The summed E-state index contributed by atoms with van der Waals surface area (Å²) < 4.78 is 0. The van der Waals surface area contributed by atoms with Gasteiger partial charge in [-0.2, -0.15) is 0 Å². The zero-order valence-electron chi connectivity index (χ0n) is 14.3. The molecule has 5 heteroatoms. The Morgan fingerprint density at radius 1 is 1.17 bits per heavy atom. The summed E-state index contributed by atoms with van der Waals surface area (Å²) in [7, 11) is 0. The summed E-state index contributed by atoms with van der Waals surface area (Å²) in [5.41, 5.74) is 9.09. The fourth-order valence-electron chi connectivity index (χ4n) is 4.49. The predicted molar refractivity (Wildman–Crippen MR) is 95.8 cm³/mol. The number of benzene rings is 1. The summed E-state index contributed by atoms with van der Waals surface area (Å²) in [5.74, 6) is 0.926. The monoisotopic (exact) mass is 328 g/mol. The lowest BCUT2D eigenvalue weighted by Crippen LogP contribution is -2.49. The highest BCUT2D eigenvalue weighted by Crippen LogP contribution is 2.27. The highest BCUT2D eigenvalue weighted by atomic mass is 16.2. The predicted octanol–water partition coefficient (Wildman–Crippen LogP) is 1.54. The van der Waals surface area contributed by atoms with E-state index in [0.717, 1.165) is 44.7 Å². The van der Waals surface area contributed by atoms with Crippen LogP contribution in [0.3, 0.4) is 0 Å². The second-order valence-electron chi connectivity index (χ2n) is 7.38. The van der Waals surface area contributed by atoms with Crippen molar-refractivity contribution in [3.8, 4) is 0 Å². The number of carbonyl (C=O) groups excluding carboxylic acids is 1. The van der Waals surface area contributed by atoms with Crippen LogP contribution in [0.4, 0.5) is 5.69 Å². The molecule has 0 aliphatic carbocycles. The highest BCUT2D eigenvalue weighted by molar-refractivity contribution is 5.95. The number of piperidine rings is 1. The molecule has 0 spiro atoms. The minimum Gasteiger partial charge on any atom is -0.311 e. The Morgan fingerprint density at radius 2 is 2.08 bits per heavy atom. The van der Waals surface area contributed by atoms with E-state index in [1.54, 1.807) is 0 Å². The van der Waals surface area contributed by atoms with E-state index >= 15 is 0 Å². The van der Waals surface area contributed by atoms with E-state index in [2.05, 4.69) is 34.0 Å². The fourth-order valence-corrected chi connectivity index (χ4v) is 4.49. The smallest absolute Gasteiger partial charge is 0.241 e. The number of aryl methyl sites for hydroxylation is 1. The number of nitrogens with one attached hydrogen (secondary N) is 2. The lowest BCUT2D eigenvalue weighted by molar-refractivity contribution is -0.120. The number of hydrogen-bond acceptors (Lipinski definition) is 4. The van der Waals surface area contributed by atoms with Crippen LogP contribution in [0.2, 0.25) is 0 Å². The van der Waals surface area contributed by atoms with Gasteiger partial charge in [-0.3, -0.25) is 20.5 Å². The third-order valence-electron chi connectivity index (χ3n) is 5.75. The van der Waals surface area contributed by atoms with E-state index < -0.39 is 0 Å². The van der Waals surface area contributed by atoms with Crippen LogP contribution in [0, 0.1) is 5.92 Å². The van der Waals surface area contributed by atoms with Gasteiger partial charge in [-0.15, -0.1) is 0 Å². The Bertz CT molecular complexity index is 584. The molecule has 1 amide bonds. The molecule has 2 saturated heterocycles. The average Bonchev–Trinajstić information content (AvgIpc) is 3.16. The Kier molecular flexibility index (Phi) is 4.83. The van der Waals surface area contributed by atoms with Crippen molar-refractivity contribution in [1.82, 2.24) is 15.8 Å². The maximum Gasteiger partial charge on any atom is 0.241 e. The first-order valence-electron chi connectivity index (χ1n) is 9.40. The Labute approximate surface area is 144 Å². The third-order valence-corrected chi connectivity index (χ3v) is 5.75. The molecule has 24 heavy (non-hydrogen) atoms. The van der Waals surface area contributed by atoms with Gasteiger partial charge in [-0.1, -0.05) is 18.2 Å². The largest absolute Gasteiger partial charge is 0.311 e. The summed E-state index contributed by atoms with van der Waals surface area (Å²) in [5, 5.41) is 0. The number of likely N-dealkylation sites (tertiary alicyclic amines) is 1. The van der Waals surface area contributed by atoms with Gasteiger partial charge in [-0.25, -0.2) is 0 Å². The average molecular weight is 328 g/mol. The quantitative estimate of drug-likeness (QED) is 0.884. The zero-order valence-corrected chi connectivity index (χ0v) is 14.3. The topological polar surface area (TPSA) is 47.6 Å². The van der Waals surface area contributed by atoms with Gasteiger partial charge in [0.2, 0.25) is 5.91 Å². The lowest BCUT2D eigenvalue weighted by atomic mass is 9.90. The second kappa shape index (κ2) is 7.21. The molecule has 0 aromatic heterocycles. The van der Waals surface area contributed by atoms with E-state index in [-0.39, 0.29) is 5.91 Å². The molecule has 3 aliphatic heterocycles. The summed E-state index contributed by atoms with van der Waals surface area (Å²) in [6.45, 7) is 4.58. The minimum atomic E-state index is 0.264. The van der Waals surface area contributed by atoms with E-state index in [4.69, 9.17) is 0 Å². The molecule has 130 valence electrons. The Morgan fingerprint density at radius 3 is 2.96 bits per heavy atom. The van der Waals surface area contributed by atoms with Crippen molar-refractivity contribution in [2.45, 2.75) is 38.1 Å². The number of carbonyl (C=O) groups is 1. The number of anilines is 1. The molecule has 1 aromatic carbocycles. The fraction of sp³-hybridized carbons (Fsp3) is 0.632. The number of fused-ring (bicyclic) bond motifs is 1. The molecule has 2 unspecified atom stereocenters. The van der Waals surface area contributed by atoms with Crippen molar-refractivity contribution in [2.24, 2.45) is 5.92 Å². The number of para-hydroxylation sites is 1. The molecule has 2 atom stereocenters. The molecule has 3 heterocycles. The van der Waals surface area contributed by atoms with Gasteiger partial charge in [-0.05, 0) is 56.2 Å². The number of nitrogens with zero attached hydrogens (tertiary/aromatic N) is 2. The number of hydrogen-bond donors (Lipinski definition) is 2. The molecule has 0 radical (unpaired) electrons. The summed E-state index contributed by atoms with van der Waals surface area (Å²) in [4.78, 5) is 17.3. The molecule has 1 aromatic rings. The van der Waals surface area contributed by atoms with Gasteiger partial charge in [0.1, 0.15) is 0 Å². The van der Waals surface area contributed by atoms with Crippen LogP contribution >= 0.6 is 0 Å². The van der Waals surface area contributed by atoms with Crippen LogP contribution in [-0.4, -0.2) is 49.6 Å². The van der Waals surface area contributed by atoms with Gasteiger partial charge in [0.05, 0.1) is 6.54 Å². The Hall–Kier alpha value is -1.43. The lowest BCUT2D eigenvalue weighted by Gasteiger charge is -2.37. The van der Waals surface area contributed by atoms with E-state index in [1.165, 1.54) is 24.8 Å². The normalized spacial score (nSPS) is 27.9. The van der Waals surface area contributed by atoms with Crippen LogP contribution in [0.25, 0.3) is 0 Å². The van der Waals surface area contributed by atoms with Gasteiger partial charge in [0.15, 0.2) is 0 Å². The standard InChI is InChI=1S/C19H28N4O/c24-19(23-12-4-6-15-5-1-2-8-18(15)23)14-22-11-3-7-16(13-22)17-9-10-20-21-17/h1-2,5,8,16-17,20-21H,3-4,6-7,9-14H2. The van der Waals surface area contributed by atoms with Crippen molar-refractivity contribution in [3.05, 3.63) is 29.8 Å². The van der Waals surface area contributed by atoms with Crippen LogP contribution in [0.1, 0.15) is 31.2 Å². The van der Waals surface area contributed by atoms with Crippen LogP contribution < -0.4 is 15.8 Å².